The fraction of sp³-hybridized carbons (Fsp3) is 0.600. The number of benzene rings is 1. The van der Waals surface area contributed by atoms with E-state index < -0.39 is 16.3 Å². The van der Waals surface area contributed by atoms with E-state index >= 15 is 0 Å². The number of hydrogen-bond donors (Lipinski definition) is 1. The number of rotatable bonds is 7. The van der Waals surface area contributed by atoms with E-state index in [0.29, 0.717) is 30.3 Å². The van der Waals surface area contributed by atoms with Crippen LogP contribution in [-0.4, -0.2) is 47.1 Å². The molecule has 0 aromatic heterocycles. The van der Waals surface area contributed by atoms with Gasteiger partial charge in [0.2, 0.25) is 5.75 Å². The molecule has 1 aliphatic heterocycles. The number of ether oxygens (including phenoxy) is 3. The molecule has 8 heteroatoms. The monoisotopic (exact) mass is 344 g/mol. The first-order valence-corrected chi connectivity index (χ1v) is 8.94. The Bertz CT molecular complexity index is 616. The topological polar surface area (TPSA) is 77.1 Å². The second-order valence-corrected chi connectivity index (χ2v) is 7.11. The fourth-order valence-corrected chi connectivity index (χ4v) is 4.12. The van der Waals surface area contributed by atoms with Gasteiger partial charge in [0.1, 0.15) is 0 Å². The molecule has 1 fully saturated rings. The van der Waals surface area contributed by atoms with Gasteiger partial charge in [-0.1, -0.05) is 0 Å². The van der Waals surface area contributed by atoms with Crippen LogP contribution < -0.4 is 18.9 Å². The van der Waals surface area contributed by atoms with Crippen molar-refractivity contribution in [3.05, 3.63) is 17.7 Å². The highest BCUT2D eigenvalue weighted by atomic mass is 32.2. The summed E-state index contributed by atoms with van der Waals surface area (Å²) in [5.41, 5.74) is 0.738. The smallest absolute Gasteiger partial charge is 0.279 e. The molecule has 1 aromatic carbocycles. The van der Waals surface area contributed by atoms with Gasteiger partial charge in [-0.15, -0.1) is 0 Å². The molecule has 2 rings (SSSR count). The molecule has 1 N–H and O–H groups in total. The third-order valence-corrected chi connectivity index (χ3v) is 5.61. The molecule has 0 spiro atoms. The maximum Gasteiger partial charge on any atom is 0.279 e. The summed E-state index contributed by atoms with van der Waals surface area (Å²) in [5, 5.41) is 0. The summed E-state index contributed by atoms with van der Waals surface area (Å²) in [6.07, 6.45) is 1.80. The van der Waals surface area contributed by atoms with Crippen LogP contribution in [0.15, 0.2) is 12.1 Å². The van der Waals surface area contributed by atoms with Gasteiger partial charge in [-0.25, -0.2) is 0 Å². The molecule has 0 aliphatic carbocycles. The molecule has 0 unspecified atom stereocenters. The lowest BCUT2D eigenvalue weighted by atomic mass is 10.1. The van der Waals surface area contributed by atoms with Crippen molar-refractivity contribution in [1.82, 2.24) is 9.03 Å². The molecule has 1 aliphatic rings. The lowest BCUT2D eigenvalue weighted by Gasteiger charge is -2.22. The normalized spacial score (nSPS) is 17.0. The number of nitrogens with zero attached hydrogens (tertiary/aromatic N) is 1. The molecule has 1 saturated heterocycles. The third-order valence-electron chi connectivity index (χ3n) is 3.92. The second-order valence-electron chi connectivity index (χ2n) is 5.41. The number of methoxy groups -OCH3 is 3. The van der Waals surface area contributed by atoms with Gasteiger partial charge in [0.15, 0.2) is 11.5 Å². The van der Waals surface area contributed by atoms with Gasteiger partial charge < -0.3 is 14.2 Å². The van der Waals surface area contributed by atoms with Crippen LogP contribution in [0.25, 0.3) is 0 Å². The molecular weight excluding hydrogens is 320 g/mol. The lowest BCUT2D eigenvalue weighted by Crippen LogP contribution is -2.40. The van der Waals surface area contributed by atoms with E-state index in [4.69, 9.17) is 14.2 Å². The van der Waals surface area contributed by atoms with Crippen molar-refractivity contribution < 1.29 is 22.6 Å². The molecular formula is C15H24N2O5S. The summed E-state index contributed by atoms with van der Waals surface area (Å²) in [6, 6.07) is 3.08. The third kappa shape index (κ3) is 3.88. The van der Waals surface area contributed by atoms with E-state index in [9.17, 15) is 8.42 Å². The molecule has 0 radical (unpaired) electrons. The first kappa shape index (κ1) is 17.8. The van der Waals surface area contributed by atoms with E-state index in [1.54, 1.807) is 19.1 Å². The lowest BCUT2D eigenvalue weighted by molar-refractivity contribution is 0.323. The first-order chi connectivity index (χ1) is 10.9. The van der Waals surface area contributed by atoms with E-state index in [-0.39, 0.29) is 0 Å². The van der Waals surface area contributed by atoms with Crippen LogP contribution in [0.5, 0.6) is 17.2 Å². The van der Waals surface area contributed by atoms with Crippen molar-refractivity contribution in [2.75, 3.05) is 34.4 Å². The Morgan fingerprint density at radius 3 is 2.00 bits per heavy atom. The summed E-state index contributed by atoms with van der Waals surface area (Å²) in [5.74, 6) is 1.47. The zero-order valence-electron chi connectivity index (χ0n) is 14.0. The molecule has 0 saturated carbocycles. The molecule has 0 bridgehead atoms. The predicted molar refractivity (Wildman–Crippen MR) is 87.4 cm³/mol. The zero-order chi connectivity index (χ0) is 17.0. The quantitative estimate of drug-likeness (QED) is 0.815. The Morgan fingerprint density at radius 2 is 1.57 bits per heavy atom. The van der Waals surface area contributed by atoms with Crippen LogP contribution in [0.1, 0.15) is 31.4 Å². The molecule has 1 atom stereocenters. The SMILES string of the molecule is COc1cc([C@H](C)NS(=O)(=O)N2CCCC2)cc(OC)c1OC. The fourth-order valence-electron chi connectivity index (χ4n) is 2.65. The van der Waals surface area contributed by atoms with Crippen molar-refractivity contribution in [3.8, 4) is 17.2 Å². The standard InChI is InChI=1S/C15H24N2O5S/c1-11(16-23(18,19)17-7-5-6-8-17)12-9-13(20-2)15(22-4)14(10-12)21-3/h9-11,16H,5-8H2,1-4H3/t11-/m0/s1. The summed E-state index contributed by atoms with van der Waals surface area (Å²) in [6.45, 7) is 2.92. The Hall–Kier alpha value is -1.51. The van der Waals surface area contributed by atoms with E-state index in [0.717, 1.165) is 18.4 Å². The minimum atomic E-state index is -3.49. The first-order valence-electron chi connectivity index (χ1n) is 7.50. The molecule has 7 nitrogen and oxygen atoms in total. The minimum absolute atomic E-state index is 0.422. The van der Waals surface area contributed by atoms with Crippen LogP contribution in [0.2, 0.25) is 0 Å². The number of nitrogens with one attached hydrogen (secondary N) is 1. The second kappa shape index (κ2) is 7.37. The van der Waals surface area contributed by atoms with Crippen LogP contribution in [0.4, 0.5) is 0 Å². The summed E-state index contributed by atoms with van der Waals surface area (Å²) < 4.78 is 44.8. The molecule has 1 aromatic rings. The zero-order valence-corrected chi connectivity index (χ0v) is 14.8. The van der Waals surface area contributed by atoms with Crippen LogP contribution in [0.3, 0.4) is 0 Å². The highest BCUT2D eigenvalue weighted by Crippen LogP contribution is 2.39. The van der Waals surface area contributed by atoms with Gasteiger partial charge in [0.05, 0.1) is 21.3 Å². The van der Waals surface area contributed by atoms with E-state index in [1.165, 1.54) is 25.6 Å². The van der Waals surface area contributed by atoms with Gasteiger partial charge in [-0.05, 0) is 37.5 Å². The summed E-state index contributed by atoms with van der Waals surface area (Å²) >= 11 is 0. The Labute approximate surface area is 137 Å². The van der Waals surface area contributed by atoms with Gasteiger partial charge in [-0.2, -0.15) is 17.4 Å². The molecule has 130 valence electrons. The Balaban J connectivity index is 2.26. The Kier molecular flexibility index (Phi) is 5.72. The molecule has 1 heterocycles. The van der Waals surface area contributed by atoms with Crippen molar-refractivity contribution in [1.29, 1.82) is 0 Å². The van der Waals surface area contributed by atoms with Crippen molar-refractivity contribution in [2.45, 2.75) is 25.8 Å². The van der Waals surface area contributed by atoms with Crippen molar-refractivity contribution in [3.63, 3.8) is 0 Å². The summed E-state index contributed by atoms with van der Waals surface area (Å²) in [7, 11) is 1.09. The maximum atomic E-state index is 12.4. The van der Waals surface area contributed by atoms with Gasteiger partial charge in [0.25, 0.3) is 10.2 Å². The minimum Gasteiger partial charge on any atom is -0.493 e. The largest absolute Gasteiger partial charge is 0.493 e. The predicted octanol–water partition coefficient (Wildman–Crippen LogP) is 1.70. The average molecular weight is 344 g/mol. The van der Waals surface area contributed by atoms with E-state index in [1.807, 2.05) is 0 Å². The van der Waals surface area contributed by atoms with Crippen LogP contribution in [0, 0.1) is 0 Å². The van der Waals surface area contributed by atoms with Crippen LogP contribution in [-0.2, 0) is 10.2 Å². The summed E-state index contributed by atoms with van der Waals surface area (Å²) in [4.78, 5) is 0. The van der Waals surface area contributed by atoms with Gasteiger partial charge >= 0.3 is 0 Å². The van der Waals surface area contributed by atoms with Gasteiger partial charge in [-0.3, -0.25) is 0 Å². The van der Waals surface area contributed by atoms with E-state index in [2.05, 4.69) is 4.72 Å². The highest BCUT2D eigenvalue weighted by Gasteiger charge is 2.27. The average Bonchev–Trinajstić information content (AvgIpc) is 3.08. The van der Waals surface area contributed by atoms with Crippen molar-refractivity contribution >= 4 is 10.2 Å². The molecule has 23 heavy (non-hydrogen) atoms. The van der Waals surface area contributed by atoms with Gasteiger partial charge in [0, 0.05) is 19.1 Å². The Morgan fingerprint density at radius 1 is 1.04 bits per heavy atom. The number of hydrogen-bond acceptors (Lipinski definition) is 5. The maximum absolute atomic E-state index is 12.4. The molecule has 0 amide bonds. The highest BCUT2D eigenvalue weighted by molar-refractivity contribution is 7.87. The van der Waals surface area contributed by atoms with Crippen LogP contribution >= 0.6 is 0 Å². The van der Waals surface area contributed by atoms with Crippen molar-refractivity contribution in [2.24, 2.45) is 0 Å².